The molecule has 0 aliphatic rings. The molecule has 2 N–H and O–H groups in total. The number of amides is 2. The lowest BCUT2D eigenvalue weighted by Crippen LogP contribution is -2.47. The van der Waals surface area contributed by atoms with Crippen LogP contribution in [0, 0.1) is 11.7 Å². The first-order valence-electron chi connectivity index (χ1n) is 9.34. The van der Waals surface area contributed by atoms with E-state index in [0.717, 1.165) is 11.3 Å². The Hall–Kier alpha value is -2.84. The number of carbonyl (C=O) groups is 2. The van der Waals surface area contributed by atoms with Crippen molar-refractivity contribution >= 4 is 39.9 Å². The molecule has 0 aliphatic heterocycles. The van der Waals surface area contributed by atoms with Gasteiger partial charge in [0.15, 0.2) is 0 Å². The summed E-state index contributed by atoms with van der Waals surface area (Å²) < 4.78 is 13.1. The van der Waals surface area contributed by atoms with Crippen LogP contribution in [0.15, 0.2) is 48.5 Å². The van der Waals surface area contributed by atoms with Crippen LogP contribution in [0.25, 0.3) is 10.6 Å². The fourth-order valence-corrected chi connectivity index (χ4v) is 3.71. The zero-order valence-electron chi connectivity index (χ0n) is 16.4. The molecule has 0 saturated carbocycles. The van der Waals surface area contributed by atoms with Gasteiger partial charge < -0.3 is 5.32 Å². The molecule has 6 nitrogen and oxygen atoms in total. The van der Waals surface area contributed by atoms with Crippen molar-refractivity contribution < 1.29 is 14.0 Å². The van der Waals surface area contributed by atoms with Crippen molar-refractivity contribution in [3.63, 3.8) is 0 Å². The maximum Gasteiger partial charge on any atom is 0.253 e. The summed E-state index contributed by atoms with van der Waals surface area (Å²) in [5, 5.41) is 14.7. The van der Waals surface area contributed by atoms with E-state index in [4.69, 9.17) is 11.6 Å². The molecule has 3 rings (SSSR count). The zero-order chi connectivity index (χ0) is 21.7. The number of aromatic nitrogens is 2. The second-order valence-electron chi connectivity index (χ2n) is 6.73. The molecular weight excluding hydrogens is 427 g/mol. The molecule has 0 fully saturated rings. The van der Waals surface area contributed by atoms with Crippen LogP contribution in [0.2, 0.25) is 5.02 Å². The lowest BCUT2D eigenvalue weighted by atomic mass is 9.98. The summed E-state index contributed by atoms with van der Waals surface area (Å²) in [6.07, 6.45) is 0.678. The van der Waals surface area contributed by atoms with Gasteiger partial charge in [-0.05, 0) is 42.3 Å². The highest BCUT2D eigenvalue weighted by atomic mass is 35.5. The Morgan fingerprint density at radius 1 is 1.13 bits per heavy atom. The second-order valence-corrected chi connectivity index (χ2v) is 8.11. The number of anilines is 1. The number of rotatable bonds is 7. The average Bonchev–Trinajstić information content (AvgIpc) is 3.20. The summed E-state index contributed by atoms with van der Waals surface area (Å²) in [5.41, 5.74) is 0.995. The van der Waals surface area contributed by atoms with Gasteiger partial charge in [0.05, 0.1) is 10.6 Å². The Kier molecular flexibility index (Phi) is 7.12. The Bertz CT molecular complexity index is 1040. The summed E-state index contributed by atoms with van der Waals surface area (Å²) >= 11 is 7.26. The first-order valence-corrected chi connectivity index (χ1v) is 10.5. The van der Waals surface area contributed by atoms with E-state index in [-0.39, 0.29) is 11.7 Å². The Morgan fingerprint density at radius 2 is 1.83 bits per heavy atom. The third-order valence-electron chi connectivity index (χ3n) is 4.65. The van der Waals surface area contributed by atoms with Gasteiger partial charge in [0, 0.05) is 5.56 Å². The van der Waals surface area contributed by atoms with Gasteiger partial charge in [0.2, 0.25) is 11.0 Å². The van der Waals surface area contributed by atoms with Crippen LogP contribution in [-0.4, -0.2) is 28.1 Å². The fraction of sp³-hybridized carbons (Fsp3) is 0.238. The topological polar surface area (TPSA) is 84.0 Å². The largest absolute Gasteiger partial charge is 0.340 e. The Morgan fingerprint density at radius 3 is 2.50 bits per heavy atom. The summed E-state index contributed by atoms with van der Waals surface area (Å²) in [6, 6.07) is 11.7. The van der Waals surface area contributed by atoms with Crippen LogP contribution in [-0.2, 0) is 4.79 Å². The lowest BCUT2D eigenvalue weighted by Gasteiger charge is -2.23. The molecular formula is C21H20ClFN4O2S. The molecule has 2 amide bonds. The highest BCUT2D eigenvalue weighted by Crippen LogP contribution is 2.27. The smallest absolute Gasteiger partial charge is 0.253 e. The van der Waals surface area contributed by atoms with Crippen molar-refractivity contribution in [2.75, 3.05) is 5.32 Å². The van der Waals surface area contributed by atoms with Crippen LogP contribution < -0.4 is 10.6 Å². The number of nitrogens with zero attached hydrogens (tertiary/aromatic N) is 2. The molecule has 2 atom stereocenters. The highest BCUT2D eigenvalue weighted by molar-refractivity contribution is 7.18. The van der Waals surface area contributed by atoms with Gasteiger partial charge in [-0.25, -0.2) is 4.39 Å². The second kappa shape index (κ2) is 9.77. The number of hydrogen-bond acceptors (Lipinski definition) is 5. The van der Waals surface area contributed by atoms with E-state index >= 15 is 0 Å². The van der Waals surface area contributed by atoms with Crippen LogP contribution in [0.5, 0.6) is 0 Å². The maximum absolute atomic E-state index is 13.1. The SMILES string of the molecule is CCC(C)C(NC(=O)c1ccccc1Cl)C(=O)Nc1nnc(-c2ccc(F)cc2)s1. The minimum absolute atomic E-state index is 0.124. The molecule has 1 heterocycles. The summed E-state index contributed by atoms with van der Waals surface area (Å²) in [6.45, 7) is 3.81. The maximum atomic E-state index is 13.1. The van der Waals surface area contributed by atoms with Crippen LogP contribution in [0.3, 0.4) is 0 Å². The highest BCUT2D eigenvalue weighted by Gasteiger charge is 2.28. The van der Waals surface area contributed by atoms with Crippen LogP contribution in [0.4, 0.5) is 9.52 Å². The standard InChI is InChI=1S/C21H20ClFN4O2S/c1-3-12(2)17(24-18(28)15-6-4-5-7-16(15)22)19(29)25-21-27-26-20(30-21)13-8-10-14(23)11-9-13/h4-12,17H,3H2,1-2H3,(H,24,28)(H,25,27,29). The number of benzene rings is 2. The van der Waals surface area contributed by atoms with E-state index in [1.54, 1.807) is 36.4 Å². The van der Waals surface area contributed by atoms with E-state index in [0.29, 0.717) is 32.7 Å². The van der Waals surface area contributed by atoms with Crippen molar-refractivity contribution in [2.45, 2.75) is 26.3 Å². The molecule has 0 radical (unpaired) electrons. The van der Waals surface area contributed by atoms with E-state index < -0.39 is 17.9 Å². The van der Waals surface area contributed by atoms with Gasteiger partial charge in [0.1, 0.15) is 16.9 Å². The quantitative estimate of drug-likeness (QED) is 0.547. The molecule has 0 saturated heterocycles. The summed E-state index contributed by atoms with van der Waals surface area (Å²) in [4.78, 5) is 25.5. The molecule has 1 aromatic heterocycles. The molecule has 3 aromatic rings. The minimum atomic E-state index is -0.781. The molecule has 2 unspecified atom stereocenters. The molecule has 30 heavy (non-hydrogen) atoms. The molecule has 2 aromatic carbocycles. The minimum Gasteiger partial charge on any atom is -0.340 e. The number of hydrogen-bond donors (Lipinski definition) is 2. The summed E-state index contributed by atoms with van der Waals surface area (Å²) in [5.74, 6) is -1.29. The van der Waals surface area contributed by atoms with Gasteiger partial charge in [-0.1, -0.05) is 55.3 Å². The van der Waals surface area contributed by atoms with Gasteiger partial charge in [-0.2, -0.15) is 0 Å². The summed E-state index contributed by atoms with van der Waals surface area (Å²) in [7, 11) is 0. The van der Waals surface area contributed by atoms with Crippen molar-refractivity contribution in [2.24, 2.45) is 5.92 Å². The average molecular weight is 447 g/mol. The Labute approximate surface area is 182 Å². The molecule has 0 bridgehead atoms. The first-order chi connectivity index (χ1) is 14.4. The van der Waals surface area contributed by atoms with E-state index in [1.807, 2.05) is 13.8 Å². The fourth-order valence-electron chi connectivity index (χ4n) is 2.73. The molecule has 0 aliphatic carbocycles. The first kappa shape index (κ1) is 21.9. The Balaban J connectivity index is 1.74. The molecule has 0 spiro atoms. The van der Waals surface area contributed by atoms with Crippen molar-refractivity contribution in [3.8, 4) is 10.6 Å². The third-order valence-corrected chi connectivity index (χ3v) is 5.86. The van der Waals surface area contributed by atoms with E-state index in [9.17, 15) is 14.0 Å². The van der Waals surface area contributed by atoms with E-state index in [2.05, 4.69) is 20.8 Å². The zero-order valence-corrected chi connectivity index (χ0v) is 17.9. The van der Waals surface area contributed by atoms with Crippen molar-refractivity contribution in [3.05, 3.63) is 64.9 Å². The monoisotopic (exact) mass is 446 g/mol. The van der Waals surface area contributed by atoms with Gasteiger partial charge in [-0.3, -0.25) is 14.9 Å². The number of carbonyl (C=O) groups excluding carboxylic acids is 2. The number of halogens is 2. The molecule has 156 valence electrons. The van der Waals surface area contributed by atoms with Gasteiger partial charge in [0.25, 0.3) is 5.91 Å². The predicted octanol–water partition coefficient (Wildman–Crippen LogP) is 4.78. The van der Waals surface area contributed by atoms with Gasteiger partial charge >= 0.3 is 0 Å². The van der Waals surface area contributed by atoms with Crippen molar-refractivity contribution in [1.82, 2.24) is 15.5 Å². The van der Waals surface area contributed by atoms with Crippen LogP contribution >= 0.6 is 22.9 Å². The van der Waals surface area contributed by atoms with E-state index in [1.165, 1.54) is 12.1 Å². The third kappa shape index (κ3) is 5.20. The lowest BCUT2D eigenvalue weighted by molar-refractivity contribution is -0.119. The van der Waals surface area contributed by atoms with Crippen LogP contribution in [0.1, 0.15) is 30.6 Å². The molecule has 9 heteroatoms. The normalized spacial score (nSPS) is 12.8. The van der Waals surface area contributed by atoms with Gasteiger partial charge in [-0.15, -0.1) is 10.2 Å². The number of nitrogens with one attached hydrogen (secondary N) is 2. The predicted molar refractivity (Wildman–Crippen MR) is 116 cm³/mol. The van der Waals surface area contributed by atoms with Crippen molar-refractivity contribution in [1.29, 1.82) is 0 Å².